The third kappa shape index (κ3) is 4.98. The number of nitrogens with one attached hydrogen (secondary N) is 1. The number of aromatic nitrogens is 2. The third-order valence-electron chi connectivity index (χ3n) is 3.73. The molecule has 8 heteroatoms. The fraction of sp³-hybridized carbons (Fsp3) is 0.211. The van der Waals surface area contributed by atoms with Crippen LogP contribution in [0.15, 0.2) is 53.1 Å². The fourth-order valence-corrected chi connectivity index (χ4v) is 2.39. The number of amides is 1. The first kappa shape index (κ1) is 18.7. The standard InChI is InChI=1S/C19H18ClN3O4/c1-12(26-16-9-5-14(20)6-10-16)19(24)21-11-17-22-18(23-27-17)13-3-7-15(25-2)8-4-13/h3-10,12H,11H2,1-2H3,(H,21,24). The lowest BCUT2D eigenvalue weighted by atomic mass is 10.2. The van der Waals surface area contributed by atoms with Crippen LogP contribution in [0.2, 0.25) is 5.02 Å². The number of ether oxygens (including phenoxy) is 2. The minimum Gasteiger partial charge on any atom is -0.497 e. The van der Waals surface area contributed by atoms with Crippen molar-refractivity contribution in [3.8, 4) is 22.9 Å². The van der Waals surface area contributed by atoms with Crippen molar-refractivity contribution >= 4 is 17.5 Å². The van der Waals surface area contributed by atoms with Crippen molar-refractivity contribution < 1.29 is 18.8 Å². The van der Waals surface area contributed by atoms with Gasteiger partial charge in [0.2, 0.25) is 11.7 Å². The maximum absolute atomic E-state index is 12.2. The molecule has 1 heterocycles. The molecule has 3 rings (SSSR count). The molecule has 1 unspecified atom stereocenters. The molecular weight excluding hydrogens is 370 g/mol. The Kier molecular flexibility index (Phi) is 5.93. The van der Waals surface area contributed by atoms with Crippen molar-refractivity contribution in [2.75, 3.05) is 7.11 Å². The number of halogens is 1. The SMILES string of the molecule is COc1ccc(-c2noc(CNC(=O)C(C)Oc3ccc(Cl)cc3)n2)cc1. The predicted octanol–water partition coefficient (Wildman–Crippen LogP) is 3.48. The van der Waals surface area contributed by atoms with Crippen LogP contribution in [0.3, 0.4) is 0 Å². The molecule has 0 saturated carbocycles. The minimum absolute atomic E-state index is 0.107. The molecule has 0 aliphatic heterocycles. The highest BCUT2D eigenvalue weighted by Crippen LogP contribution is 2.20. The normalized spacial score (nSPS) is 11.7. The van der Waals surface area contributed by atoms with Gasteiger partial charge in [-0.15, -0.1) is 0 Å². The number of carbonyl (C=O) groups excluding carboxylic acids is 1. The molecule has 1 amide bonds. The van der Waals surface area contributed by atoms with E-state index in [1.54, 1.807) is 38.3 Å². The van der Waals surface area contributed by atoms with Crippen LogP contribution in [0.1, 0.15) is 12.8 Å². The van der Waals surface area contributed by atoms with Crippen LogP contribution in [0.5, 0.6) is 11.5 Å². The van der Waals surface area contributed by atoms with E-state index in [1.165, 1.54) is 0 Å². The molecule has 0 spiro atoms. The van der Waals surface area contributed by atoms with Gasteiger partial charge in [0.25, 0.3) is 5.91 Å². The third-order valence-corrected chi connectivity index (χ3v) is 3.98. The first-order chi connectivity index (χ1) is 13.0. The second-order valence-corrected chi connectivity index (χ2v) is 6.11. The van der Waals surface area contributed by atoms with Crippen LogP contribution in [-0.2, 0) is 11.3 Å². The number of carbonyl (C=O) groups is 1. The summed E-state index contributed by atoms with van der Waals surface area (Å²) in [4.78, 5) is 16.4. The topological polar surface area (TPSA) is 86.5 Å². The Morgan fingerprint density at radius 2 is 1.81 bits per heavy atom. The Balaban J connectivity index is 1.54. The van der Waals surface area contributed by atoms with E-state index in [0.29, 0.717) is 22.5 Å². The van der Waals surface area contributed by atoms with Gasteiger partial charge in [-0.2, -0.15) is 4.98 Å². The van der Waals surface area contributed by atoms with Gasteiger partial charge >= 0.3 is 0 Å². The highest BCUT2D eigenvalue weighted by atomic mass is 35.5. The van der Waals surface area contributed by atoms with Crippen molar-refractivity contribution in [2.45, 2.75) is 19.6 Å². The smallest absolute Gasteiger partial charge is 0.261 e. The van der Waals surface area contributed by atoms with Crippen molar-refractivity contribution in [1.82, 2.24) is 15.5 Å². The van der Waals surface area contributed by atoms with Gasteiger partial charge in [0.05, 0.1) is 13.7 Å². The second kappa shape index (κ2) is 8.55. The summed E-state index contributed by atoms with van der Waals surface area (Å²) in [5, 5.41) is 7.23. The van der Waals surface area contributed by atoms with Gasteiger partial charge in [-0.05, 0) is 55.5 Å². The van der Waals surface area contributed by atoms with Crippen LogP contribution in [0.25, 0.3) is 11.4 Å². The summed E-state index contributed by atoms with van der Waals surface area (Å²) in [5.41, 5.74) is 0.788. The highest BCUT2D eigenvalue weighted by molar-refractivity contribution is 6.30. The molecule has 0 aliphatic carbocycles. The number of hydrogen-bond acceptors (Lipinski definition) is 6. The molecule has 7 nitrogen and oxygen atoms in total. The Morgan fingerprint density at radius 1 is 1.15 bits per heavy atom. The second-order valence-electron chi connectivity index (χ2n) is 5.67. The molecule has 1 N–H and O–H groups in total. The number of rotatable bonds is 7. The molecule has 1 aromatic heterocycles. The predicted molar refractivity (Wildman–Crippen MR) is 99.7 cm³/mol. The van der Waals surface area contributed by atoms with Crippen molar-refractivity contribution in [2.24, 2.45) is 0 Å². The van der Waals surface area contributed by atoms with E-state index in [0.717, 1.165) is 11.3 Å². The van der Waals surface area contributed by atoms with Crippen LogP contribution < -0.4 is 14.8 Å². The molecule has 1 atom stereocenters. The lowest BCUT2D eigenvalue weighted by Crippen LogP contribution is -2.35. The Hall–Kier alpha value is -3.06. The Labute approximate surface area is 161 Å². The van der Waals surface area contributed by atoms with Crippen molar-refractivity contribution in [3.63, 3.8) is 0 Å². The van der Waals surface area contributed by atoms with Gasteiger partial charge in [0.1, 0.15) is 11.5 Å². The first-order valence-corrected chi connectivity index (χ1v) is 8.60. The van der Waals surface area contributed by atoms with Crippen molar-refractivity contribution in [1.29, 1.82) is 0 Å². The Bertz CT molecular complexity index is 894. The van der Waals surface area contributed by atoms with Gasteiger partial charge in [0, 0.05) is 10.6 Å². The van der Waals surface area contributed by atoms with E-state index in [1.807, 2.05) is 24.3 Å². The zero-order valence-electron chi connectivity index (χ0n) is 14.8. The van der Waals surface area contributed by atoms with E-state index in [9.17, 15) is 4.79 Å². The average molecular weight is 388 g/mol. The highest BCUT2D eigenvalue weighted by Gasteiger charge is 2.16. The number of hydrogen-bond donors (Lipinski definition) is 1. The molecule has 27 heavy (non-hydrogen) atoms. The molecule has 0 aliphatic rings. The van der Waals surface area contributed by atoms with Crippen LogP contribution in [0.4, 0.5) is 0 Å². The Morgan fingerprint density at radius 3 is 2.48 bits per heavy atom. The van der Waals surface area contributed by atoms with E-state index < -0.39 is 6.10 Å². The molecule has 0 saturated heterocycles. The monoisotopic (exact) mass is 387 g/mol. The number of nitrogens with zero attached hydrogens (tertiary/aromatic N) is 2. The molecule has 0 radical (unpaired) electrons. The largest absolute Gasteiger partial charge is 0.497 e. The fourth-order valence-electron chi connectivity index (χ4n) is 2.26. The van der Waals surface area contributed by atoms with Crippen molar-refractivity contribution in [3.05, 3.63) is 59.4 Å². The summed E-state index contributed by atoms with van der Waals surface area (Å²) >= 11 is 5.83. The lowest BCUT2D eigenvalue weighted by Gasteiger charge is -2.13. The summed E-state index contributed by atoms with van der Waals surface area (Å²) in [6, 6.07) is 14.1. The zero-order chi connectivity index (χ0) is 19.2. The average Bonchev–Trinajstić information content (AvgIpc) is 3.17. The van der Waals surface area contributed by atoms with Gasteiger partial charge in [-0.1, -0.05) is 16.8 Å². The molecule has 140 valence electrons. The van der Waals surface area contributed by atoms with Gasteiger partial charge in [-0.3, -0.25) is 4.79 Å². The van der Waals surface area contributed by atoms with Gasteiger partial charge < -0.3 is 19.3 Å². The maximum Gasteiger partial charge on any atom is 0.261 e. The summed E-state index contributed by atoms with van der Waals surface area (Å²) in [6.45, 7) is 1.76. The summed E-state index contributed by atoms with van der Waals surface area (Å²) in [5.74, 6) is 1.74. The quantitative estimate of drug-likeness (QED) is 0.667. The van der Waals surface area contributed by atoms with E-state index >= 15 is 0 Å². The maximum atomic E-state index is 12.2. The van der Waals surface area contributed by atoms with E-state index in [2.05, 4.69) is 15.5 Å². The molecular formula is C19H18ClN3O4. The number of benzene rings is 2. The molecule has 0 bridgehead atoms. The van der Waals surface area contributed by atoms with Crippen LogP contribution in [-0.4, -0.2) is 29.3 Å². The molecule has 2 aromatic carbocycles. The lowest BCUT2D eigenvalue weighted by molar-refractivity contribution is -0.127. The van der Waals surface area contributed by atoms with Gasteiger partial charge in [-0.25, -0.2) is 0 Å². The first-order valence-electron chi connectivity index (χ1n) is 8.22. The summed E-state index contributed by atoms with van der Waals surface area (Å²) in [6.07, 6.45) is -0.685. The van der Waals surface area contributed by atoms with E-state index in [4.69, 9.17) is 25.6 Å². The zero-order valence-corrected chi connectivity index (χ0v) is 15.6. The summed E-state index contributed by atoms with van der Waals surface area (Å²) < 4.78 is 15.9. The van der Waals surface area contributed by atoms with Crippen LogP contribution >= 0.6 is 11.6 Å². The summed E-state index contributed by atoms with van der Waals surface area (Å²) in [7, 11) is 1.60. The molecule has 0 fully saturated rings. The van der Waals surface area contributed by atoms with E-state index in [-0.39, 0.29) is 12.5 Å². The number of methoxy groups -OCH3 is 1. The minimum atomic E-state index is -0.685. The van der Waals surface area contributed by atoms with Crippen LogP contribution in [0, 0.1) is 0 Å². The van der Waals surface area contributed by atoms with Gasteiger partial charge in [0.15, 0.2) is 6.10 Å². The molecule has 3 aromatic rings.